The summed E-state index contributed by atoms with van der Waals surface area (Å²) in [5.74, 6) is 0. The van der Waals surface area contributed by atoms with Crippen LogP contribution in [0.25, 0.3) is 0 Å². The predicted molar refractivity (Wildman–Crippen MR) is 59.5 cm³/mol. The highest BCUT2D eigenvalue weighted by Crippen LogP contribution is 2.29. The lowest BCUT2D eigenvalue weighted by atomic mass is 10.2. The second-order valence-corrected chi connectivity index (χ2v) is 4.53. The summed E-state index contributed by atoms with van der Waals surface area (Å²) >= 11 is 4.73. The number of nitrogens with zero attached hydrogens (tertiary/aromatic N) is 2. The summed E-state index contributed by atoms with van der Waals surface area (Å²) in [5.41, 5.74) is 0.617. The summed E-state index contributed by atoms with van der Waals surface area (Å²) in [5, 5.41) is 9.34. The third-order valence-electron chi connectivity index (χ3n) is 1.68. The first-order valence-corrected chi connectivity index (χ1v) is 5.67. The van der Waals surface area contributed by atoms with Gasteiger partial charge in [0.25, 0.3) is 5.22 Å². The molecule has 0 unspecified atom stereocenters. The van der Waals surface area contributed by atoms with Crippen LogP contribution in [0.15, 0.2) is 49.7 Å². The molecule has 2 aromatic rings. The summed E-state index contributed by atoms with van der Waals surface area (Å²) in [6.07, 6.45) is 3.13. The molecule has 0 amide bonds. The van der Waals surface area contributed by atoms with Crippen molar-refractivity contribution in [2.75, 3.05) is 0 Å². The number of benzene rings is 1. The van der Waals surface area contributed by atoms with Gasteiger partial charge in [0.2, 0.25) is 0 Å². The Morgan fingerprint density at radius 3 is 2.93 bits per heavy atom. The lowest BCUT2D eigenvalue weighted by Crippen LogP contribution is -1.79. The maximum Gasteiger partial charge on any atom is 0.260 e. The van der Waals surface area contributed by atoms with E-state index in [0.717, 1.165) is 9.37 Å². The topological polar surface area (TPSA) is 49.8 Å². The van der Waals surface area contributed by atoms with Gasteiger partial charge in [-0.15, -0.1) is 0 Å². The zero-order valence-electron chi connectivity index (χ0n) is 7.48. The molecular weight excluding hydrogens is 276 g/mol. The summed E-state index contributed by atoms with van der Waals surface area (Å²) in [6.45, 7) is 0. The third kappa shape index (κ3) is 2.41. The Morgan fingerprint density at radius 2 is 2.33 bits per heavy atom. The highest BCUT2D eigenvalue weighted by Gasteiger charge is 2.04. The SMILES string of the molecule is N#Cc1ccc(Sc2ncco2)cc1Br. The molecule has 0 saturated heterocycles. The van der Waals surface area contributed by atoms with Gasteiger partial charge < -0.3 is 4.42 Å². The molecule has 0 fully saturated rings. The molecule has 5 heteroatoms. The fourth-order valence-corrected chi connectivity index (χ4v) is 2.36. The first-order chi connectivity index (χ1) is 7.29. The normalized spacial score (nSPS) is 9.87. The fraction of sp³-hybridized carbons (Fsp3) is 0. The van der Waals surface area contributed by atoms with Crippen molar-refractivity contribution in [1.29, 1.82) is 5.26 Å². The molecule has 0 aliphatic heterocycles. The first-order valence-electron chi connectivity index (χ1n) is 4.06. The number of rotatable bonds is 2. The number of aromatic nitrogens is 1. The second-order valence-electron chi connectivity index (χ2n) is 2.65. The van der Waals surface area contributed by atoms with Crippen LogP contribution in [0, 0.1) is 11.3 Å². The number of halogens is 1. The average molecular weight is 281 g/mol. The fourth-order valence-electron chi connectivity index (χ4n) is 1.01. The van der Waals surface area contributed by atoms with Crippen LogP contribution in [-0.2, 0) is 0 Å². The van der Waals surface area contributed by atoms with E-state index < -0.39 is 0 Å². The Hall–Kier alpha value is -1.25. The van der Waals surface area contributed by atoms with Gasteiger partial charge in [0.15, 0.2) is 0 Å². The molecule has 1 aromatic carbocycles. The molecule has 0 spiro atoms. The Kier molecular flexibility index (Phi) is 3.09. The highest BCUT2D eigenvalue weighted by atomic mass is 79.9. The van der Waals surface area contributed by atoms with E-state index in [1.807, 2.05) is 12.1 Å². The highest BCUT2D eigenvalue weighted by molar-refractivity contribution is 9.10. The molecule has 0 radical (unpaired) electrons. The third-order valence-corrected chi connectivity index (χ3v) is 3.20. The molecule has 3 nitrogen and oxygen atoms in total. The number of oxazole rings is 1. The summed E-state index contributed by atoms with van der Waals surface area (Å²) in [6, 6.07) is 7.57. The van der Waals surface area contributed by atoms with Crippen molar-refractivity contribution >= 4 is 27.7 Å². The standard InChI is InChI=1S/C10H5BrN2OS/c11-9-5-8(2-1-7(9)6-12)15-10-13-3-4-14-10/h1-5H. The minimum Gasteiger partial charge on any atom is -0.440 e. The lowest BCUT2D eigenvalue weighted by molar-refractivity contribution is 0.454. The van der Waals surface area contributed by atoms with E-state index in [-0.39, 0.29) is 0 Å². The maximum atomic E-state index is 8.75. The predicted octanol–water partition coefficient (Wildman–Crippen LogP) is 3.46. The molecule has 0 aliphatic rings. The van der Waals surface area contributed by atoms with Crippen LogP contribution in [-0.4, -0.2) is 4.98 Å². The molecular formula is C10H5BrN2OS. The number of nitriles is 1. The van der Waals surface area contributed by atoms with Crippen LogP contribution in [0.1, 0.15) is 5.56 Å². The molecule has 74 valence electrons. The van der Waals surface area contributed by atoms with Crippen molar-refractivity contribution in [3.63, 3.8) is 0 Å². The zero-order chi connectivity index (χ0) is 10.7. The molecule has 2 rings (SSSR count). The van der Waals surface area contributed by atoms with Gasteiger partial charge in [0.05, 0.1) is 11.8 Å². The van der Waals surface area contributed by atoms with E-state index >= 15 is 0 Å². The largest absolute Gasteiger partial charge is 0.440 e. The molecule has 15 heavy (non-hydrogen) atoms. The Morgan fingerprint density at radius 1 is 1.47 bits per heavy atom. The van der Waals surface area contributed by atoms with E-state index in [9.17, 15) is 0 Å². The zero-order valence-corrected chi connectivity index (χ0v) is 9.88. The van der Waals surface area contributed by atoms with Gasteiger partial charge in [-0.1, -0.05) is 0 Å². The number of hydrogen-bond donors (Lipinski definition) is 0. The molecule has 0 bridgehead atoms. The quantitative estimate of drug-likeness (QED) is 0.845. The van der Waals surface area contributed by atoms with Gasteiger partial charge in [-0.25, -0.2) is 4.98 Å². The molecule has 1 aromatic heterocycles. The van der Waals surface area contributed by atoms with Crippen molar-refractivity contribution in [3.05, 3.63) is 40.7 Å². The Balaban J connectivity index is 2.24. The van der Waals surface area contributed by atoms with Crippen LogP contribution >= 0.6 is 27.7 Å². The molecule has 0 saturated carbocycles. The second kappa shape index (κ2) is 4.51. The van der Waals surface area contributed by atoms with E-state index in [1.165, 1.54) is 18.0 Å². The minimum absolute atomic E-state index is 0.589. The van der Waals surface area contributed by atoms with Gasteiger partial charge in [-0.2, -0.15) is 5.26 Å². The monoisotopic (exact) mass is 280 g/mol. The van der Waals surface area contributed by atoms with Gasteiger partial charge in [0.1, 0.15) is 12.3 Å². The van der Waals surface area contributed by atoms with Crippen LogP contribution in [0.2, 0.25) is 0 Å². The lowest BCUT2D eigenvalue weighted by Gasteiger charge is -1.99. The minimum atomic E-state index is 0.589. The maximum absolute atomic E-state index is 8.75. The van der Waals surface area contributed by atoms with E-state index in [2.05, 4.69) is 27.0 Å². The van der Waals surface area contributed by atoms with E-state index in [4.69, 9.17) is 9.68 Å². The molecule has 0 aliphatic carbocycles. The molecule has 0 N–H and O–H groups in total. The van der Waals surface area contributed by atoms with Crippen molar-refractivity contribution in [1.82, 2.24) is 4.98 Å². The summed E-state index contributed by atoms with van der Waals surface area (Å²) < 4.78 is 5.88. The Bertz CT molecular complexity index is 505. The van der Waals surface area contributed by atoms with Gasteiger partial charge in [0, 0.05) is 9.37 Å². The van der Waals surface area contributed by atoms with Crippen LogP contribution in [0.4, 0.5) is 0 Å². The van der Waals surface area contributed by atoms with E-state index in [0.29, 0.717) is 10.8 Å². The van der Waals surface area contributed by atoms with Crippen molar-refractivity contribution < 1.29 is 4.42 Å². The summed E-state index contributed by atoms with van der Waals surface area (Å²) in [4.78, 5) is 4.98. The van der Waals surface area contributed by atoms with Crippen LogP contribution < -0.4 is 0 Å². The van der Waals surface area contributed by atoms with Crippen molar-refractivity contribution in [2.45, 2.75) is 10.1 Å². The van der Waals surface area contributed by atoms with E-state index in [1.54, 1.807) is 12.3 Å². The smallest absolute Gasteiger partial charge is 0.260 e. The van der Waals surface area contributed by atoms with Crippen LogP contribution in [0.3, 0.4) is 0 Å². The van der Waals surface area contributed by atoms with Crippen molar-refractivity contribution in [2.24, 2.45) is 0 Å². The van der Waals surface area contributed by atoms with Crippen molar-refractivity contribution in [3.8, 4) is 6.07 Å². The summed E-state index contributed by atoms with van der Waals surface area (Å²) in [7, 11) is 0. The molecule has 0 atom stereocenters. The number of hydrogen-bond acceptors (Lipinski definition) is 4. The van der Waals surface area contributed by atoms with Crippen LogP contribution in [0.5, 0.6) is 0 Å². The molecule has 1 heterocycles. The Labute approximate surface area is 99.3 Å². The van der Waals surface area contributed by atoms with Gasteiger partial charge in [-0.05, 0) is 45.9 Å². The van der Waals surface area contributed by atoms with Gasteiger partial charge in [-0.3, -0.25) is 0 Å². The average Bonchev–Trinajstić information content (AvgIpc) is 2.71. The first kappa shape index (κ1) is 10.3. The van der Waals surface area contributed by atoms with Gasteiger partial charge >= 0.3 is 0 Å².